The number of hydrogen-bond acceptors (Lipinski definition) is 7. The van der Waals surface area contributed by atoms with E-state index in [0.29, 0.717) is 40.2 Å². The van der Waals surface area contributed by atoms with E-state index in [2.05, 4.69) is 34.6 Å². The Morgan fingerprint density at radius 2 is 1.70 bits per heavy atom. The van der Waals surface area contributed by atoms with Gasteiger partial charge in [0.15, 0.2) is 5.82 Å². The summed E-state index contributed by atoms with van der Waals surface area (Å²) in [6, 6.07) is 6.08. The lowest BCUT2D eigenvalue weighted by Gasteiger charge is -2.16. The average molecular weight is 672 g/mol. The molecule has 11 nitrogen and oxygen atoms in total. The van der Waals surface area contributed by atoms with Gasteiger partial charge in [-0.05, 0) is 37.6 Å². The number of alkyl halides is 3. The summed E-state index contributed by atoms with van der Waals surface area (Å²) in [6.07, 6.45) is 2.54. The Hall–Kier alpha value is -4.21. The lowest BCUT2D eigenvalue weighted by Crippen LogP contribution is -2.22. The number of imidazole rings is 1. The second-order valence-electron chi connectivity index (χ2n) is 13.4. The van der Waals surface area contributed by atoms with Crippen LogP contribution in [0.5, 0.6) is 5.88 Å². The average Bonchev–Trinajstić information content (AvgIpc) is 3.65. The molecule has 4 aromatic heterocycles. The van der Waals surface area contributed by atoms with Crippen molar-refractivity contribution < 1.29 is 27.8 Å². The van der Waals surface area contributed by atoms with Crippen LogP contribution in [0, 0.1) is 0 Å². The van der Waals surface area contributed by atoms with Crippen molar-refractivity contribution in [1.29, 1.82) is 0 Å². The fourth-order valence-corrected chi connectivity index (χ4v) is 6.03. The summed E-state index contributed by atoms with van der Waals surface area (Å²) in [5.41, 5.74) is -0.0636. The van der Waals surface area contributed by atoms with Gasteiger partial charge in [0.1, 0.15) is 24.4 Å². The Morgan fingerprint density at radius 3 is 2.32 bits per heavy atom. The molecule has 5 aromatic rings. The monoisotopic (exact) mass is 671 g/mol. The van der Waals surface area contributed by atoms with E-state index in [0.717, 1.165) is 12.2 Å². The van der Waals surface area contributed by atoms with Gasteiger partial charge in [-0.25, -0.2) is 15.0 Å². The second-order valence-corrected chi connectivity index (χ2v) is 19.0. The molecule has 252 valence electrons. The molecule has 0 amide bonds. The number of rotatable bonds is 12. The molecule has 0 bridgehead atoms. The number of aliphatic hydroxyl groups is 1. The van der Waals surface area contributed by atoms with Crippen molar-refractivity contribution >= 4 is 19.0 Å². The molecule has 1 N–H and O–H groups in total. The highest BCUT2D eigenvalue weighted by atomic mass is 28.3. The predicted octanol–water partition coefficient (Wildman–Crippen LogP) is 5.46. The molecular formula is C32H40F3N7O4Si. The van der Waals surface area contributed by atoms with Crippen molar-refractivity contribution in [1.82, 2.24) is 33.4 Å². The van der Waals surface area contributed by atoms with Crippen LogP contribution in [0.15, 0.2) is 54.1 Å². The largest absolute Gasteiger partial charge is 0.480 e. The number of aromatic nitrogens is 7. The summed E-state index contributed by atoms with van der Waals surface area (Å²) in [4.78, 5) is 25.9. The smallest absolute Gasteiger partial charge is 0.418 e. The molecule has 0 atom stereocenters. The molecular weight excluding hydrogens is 631 g/mol. The van der Waals surface area contributed by atoms with E-state index in [1.807, 2.05) is 0 Å². The zero-order valence-corrected chi connectivity index (χ0v) is 28.6. The van der Waals surface area contributed by atoms with Crippen LogP contribution < -0.4 is 10.3 Å². The van der Waals surface area contributed by atoms with Gasteiger partial charge < -0.3 is 23.7 Å². The molecule has 0 aliphatic heterocycles. The number of nitrogens with zero attached hydrogens (tertiary/aromatic N) is 7. The molecule has 4 heterocycles. The highest BCUT2D eigenvalue weighted by Crippen LogP contribution is 2.34. The molecule has 0 spiro atoms. The fraction of sp³-hybridized carbons (Fsp3) is 0.438. The molecule has 0 saturated heterocycles. The molecule has 0 fully saturated rings. The first kappa shape index (κ1) is 34.1. The van der Waals surface area contributed by atoms with Crippen LogP contribution >= 0.6 is 0 Å². The zero-order valence-electron chi connectivity index (χ0n) is 27.6. The Kier molecular flexibility index (Phi) is 9.27. The number of hydrogen-bond donors (Lipinski definition) is 1. The van der Waals surface area contributed by atoms with E-state index >= 15 is 0 Å². The van der Waals surface area contributed by atoms with Crippen molar-refractivity contribution in [3.8, 4) is 17.0 Å². The molecule has 15 heteroatoms. The summed E-state index contributed by atoms with van der Waals surface area (Å²) in [6.45, 7) is 10.5. The van der Waals surface area contributed by atoms with E-state index < -0.39 is 25.4 Å². The normalized spacial score (nSPS) is 12.7. The van der Waals surface area contributed by atoms with Crippen LogP contribution in [-0.4, -0.2) is 60.3 Å². The van der Waals surface area contributed by atoms with E-state index in [4.69, 9.17) is 9.47 Å². The van der Waals surface area contributed by atoms with Gasteiger partial charge >= 0.3 is 6.18 Å². The maximum Gasteiger partial charge on any atom is 0.418 e. The van der Waals surface area contributed by atoms with Gasteiger partial charge in [-0.1, -0.05) is 25.7 Å². The van der Waals surface area contributed by atoms with Gasteiger partial charge in [-0.2, -0.15) is 13.2 Å². The van der Waals surface area contributed by atoms with Crippen LogP contribution in [-0.2, 0) is 43.4 Å². The van der Waals surface area contributed by atoms with Crippen molar-refractivity contribution in [3.63, 3.8) is 0 Å². The Morgan fingerprint density at radius 1 is 1.00 bits per heavy atom. The zero-order chi connectivity index (χ0) is 34.3. The molecule has 0 radical (unpaired) electrons. The molecule has 1 aromatic carbocycles. The van der Waals surface area contributed by atoms with Crippen LogP contribution in [0.1, 0.15) is 36.5 Å². The van der Waals surface area contributed by atoms with Crippen molar-refractivity contribution in [2.45, 2.75) is 71.1 Å². The molecule has 0 aliphatic rings. The first-order chi connectivity index (χ1) is 22.0. The molecule has 5 rings (SSSR count). The second kappa shape index (κ2) is 12.8. The Bertz CT molecular complexity index is 1930. The van der Waals surface area contributed by atoms with Crippen LogP contribution in [0.25, 0.3) is 22.0 Å². The van der Waals surface area contributed by atoms with E-state index in [1.54, 1.807) is 55.3 Å². The predicted molar refractivity (Wildman–Crippen MR) is 174 cm³/mol. The van der Waals surface area contributed by atoms with Crippen molar-refractivity contribution in [2.24, 2.45) is 7.05 Å². The van der Waals surface area contributed by atoms with E-state index in [1.165, 1.54) is 34.3 Å². The Balaban J connectivity index is 1.48. The minimum Gasteiger partial charge on any atom is -0.480 e. The highest BCUT2D eigenvalue weighted by Gasteiger charge is 2.35. The van der Waals surface area contributed by atoms with Gasteiger partial charge in [0.05, 0.1) is 36.7 Å². The van der Waals surface area contributed by atoms with E-state index in [9.17, 15) is 23.1 Å². The first-order valence-corrected chi connectivity index (χ1v) is 18.8. The summed E-state index contributed by atoms with van der Waals surface area (Å²) in [5.74, 6) is 0.548. The van der Waals surface area contributed by atoms with Crippen molar-refractivity contribution in [3.05, 3.63) is 82.3 Å². The summed E-state index contributed by atoms with van der Waals surface area (Å²) in [5, 5.41) is 10.6. The number of benzene rings is 1. The van der Waals surface area contributed by atoms with E-state index in [-0.39, 0.29) is 36.8 Å². The highest BCUT2D eigenvalue weighted by molar-refractivity contribution is 6.76. The van der Waals surface area contributed by atoms with Crippen LogP contribution in [0.2, 0.25) is 25.7 Å². The molecule has 47 heavy (non-hydrogen) atoms. The number of methoxy groups -OCH3 is 1. The third-order valence-electron chi connectivity index (χ3n) is 7.94. The minimum absolute atomic E-state index is 0.00955. The quantitative estimate of drug-likeness (QED) is 0.139. The SMILES string of the molecule is COc1ncn(COCC[Si](C)(C)C)c1Cn1cc(Cn2c3cc(-c4cnc(C(C)(C)O)nc4)ccc3c(=O)n2C)c(C(F)(F)F)c1. The van der Waals surface area contributed by atoms with Gasteiger partial charge in [-0.15, -0.1) is 0 Å². The third kappa shape index (κ3) is 7.52. The van der Waals surface area contributed by atoms with Gasteiger partial charge in [0.2, 0.25) is 5.88 Å². The lowest BCUT2D eigenvalue weighted by molar-refractivity contribution is -0.138. The summed E-state index contributed by atoms with van der Waals surface area (Å²) < 4.78 is 60.5. The molecule has 0 saturated carbocycles. The van der Waals surface area contributed by atoms with Gasteiger partial charge in [0, 0.05) is 57.6 Å². The summed E-state index contributed by atoms with van der Waals surface area (Å²) >= 11 is 0. The third-order valence-corrected chi connectivity index (χ3v) is 9.65. The fourth-order valence-electron chi connectivity index (χ4n) is 5.27. The molecule has 0 unspecified atom stereocenters. The number of ether oxygens (including phenoxy) is 2. The van der Waals surface area contributed by atoms with Crippen LogP contribution in [0.3, 0.4) is 0 Å². The molecule has 0 aliphatic carbocycles. The number of halogens is 3. The van der Waals surface area contributed by atoms with Gasteiger partial charge in [-0.3, -0.25) is 14.2 Å². The Labute approximate surface area is 271 Å². The minimum atomic E-state index is -4.64. The lowest BCUT2D eigenvalue weighted by atomic mass is 10.1. The first-order valence-electron chi connectivity index (χ1n) is 15.1. The van der Waals surface area contributed by atoms with Crippen molar-refractivity contribution in [2.75, 3.05) is 13.7 Å². The maximum atomic E-state index is 14.4. The summed E-state index contributed by atoms with van der Waals surface area (Å²) in [7, 11) is 1.69. The topological polar surface area (TPSA) is 114 Å². The maximum absolute atomic E-state index is 14.4. The van der Waals surface area contributed by atoms with Gasteiger partial charge in [0.25, 0.3) is 5.56 Å². The standard InChI is InChI=1S/C32H40F3N7O4Si/c1-31(2,44)30-36-13-22(14-37-30)21-8-9-24-26(12-21)42(39(3)29(24)43)16-23-15-40(17-25(23)32(33,34)35)18-27-28(45-4)38-19-41(27)20-46-10-11-47(5,6)7/h8-9,12-15,17,19,44H,10-11,16,18,20H2,1-7H3. The number of fused-ring (bicyclic) bond motifs is 1. The van der Waals surface area contributed by atoms with Crippen LogP contribution in [0.4, 0.5) is 13.2 Å².